The van der Waals surface area contributed by atoms with Gasteiger partial charge in [0.1, 0.15) is 18.2 Å². The van der Waals surface area contributed by atoms with Crippen molar-refractivity contribution in [1.29, 1.82) is 0 Å². The van der Waals surface area contributed by atoms with Crippen LogP contribution < -0.4 is 10.6 Å². The fraction of sp³-hybridized carbons (Fsp3) is 0.333. The van der Waals surface area contributed by atoms with Crippen LogP contribution in [0.15, 0.2) is 70.5 Å². The number of ether oxygens (including phenoxy) is 1. The van der Waals surface area contributed by atoms with E-state index in [1.54, 1.807) is 13.3 Å². The molecule has 28 heavy (non-hydrogen) atoms. The van der Waals surface area contributed by atoms with Gasteiger partial charge in [-0.2, -0.15) is 0 Å². The summed E-state index contributed by atoms with van der Waals surface area (Å²) in [6, 6.07) is 14.1. The molecule has 148 valence electrons. The Morgan fingerprint density at radius 1 is 1.18 bits per heavy atom. The number of benzene rings is 1. The van der Waals surface area contributed by atoms with Crippen molar-refractivity contribution in [3.8, 4) is 0 Å². The first-order chi connectivity index (χ1) is 13.8. The van der Waals surface area contributed by atoms with Gasteiger partial charge in [0.25, 0.3) is 0 Å². The zero-order valence-corrected chi connectivity index (χ0v) is 16.2. The highest BCUT2D eigenvalue weighted by Crippen LogP contribution is 2.05. The molecule has 0 saturated carbocycles. The van der Waals surface area contributed by atoms with Crippen molar-refractivity contribution >= 4 is 5.96 Å². The summed E-state index contributed by atoms with van der Waals surface area (Å²) >= 11 is 0. The van der Waals surface area contributed by atoms with Crippen LogP contribution in [0.1, 0.15) is 23.6 Å². The molecule has 2 N–H and O–H groups in total. The highest BCUT2D eigenvalue weighted by Gasteiger charge is 2.05. The number of nitrogens with one attached hydrogen (secondary N) is 2. The van der Waals surface area contributed by atoms with E-state index in [4.69, 9.17) is 9.15 Å². The second kappa shape index (κ2) is 10.9. The molecule has 0 bridgehead atoms. The molecule has 3 rings (SSSR count). The summed E-state index contributed by atoms with van der Waals surface area (Å²) in [5.74, 6) is 2.56. The van der Waals surface area contributed by atoms with E-state index in [9.17, 15) is 0 Å². The van der Waals surface area contributed by atoms with Gasteiger partial charge in [0.15, 0.2) is 5.96 Å². The Morgan fingerprint density at radius 3 is 2.86 bits per heavy atom. The van der Waals surface area contributed by atoms with Gasteiger partial charge in [-0.1, -0.05) is 30.3 Å². The zero-order chi connectivity index (χ0) is 19.4. The second-order valence-electron chi connectivity index (χ2n) is 6.30. The Bertz CT molecular complexity index is 828. The lowest BCUT2D eigenvalue weighted by Gasteiger charge is -2.13. The van der Waals surface area contributed by atoms with Gasteiger partial charge in [-0.3, -0.25) is 4.99 Å². The lowest BCUT2D eigenvalue weighted by Crippen LogP contribution is -2.38. The minimum absolute atomic E-state index is 0.504. The number of nitrogens with zero attached hydrogens (tertiary/aromatic N) is 3. The maximum Gasteiger partial charge on any atom is 0.191 e. The first-order valence-electron chi connectivity index (χ1n) is 9.43. The van der Waals surface area contributed by atoms with Crippen molar-refractivity contribution in [3.63, 3.8) is 0 Å². The van der Waals surface area contributed by atoms with Crippen LogP contribution >= 0.6 is 0 Å². The Balaban J connectivity index is 1.36. The zero-order valence-electron chi connectivity index (χ0n) is 16.2. The number of rotatable bonds is 10. The summed E-state index contributed by atoms with van der Waals surface area (Å²) in [5, 5.41) is 6.60. The topological polar surface area (TPSA) is 76.6 Å². The van der Waals surface area contributed by atoms with E-state index in [0.29, 0.717) is 19.8 Å². The van der Waals surface area contributed by atoms with Gasteiger partial charge >= 0.3 is 0 Å². The Labute approximate surface area is 165 Å². The molecule has 0 fully saturated rings. The Kier molecular flexibility index (Phi) is 7.69. The summed E-state index contributed by atoms with van der Waals surface area (Å²) in [5.41, 5.74) is 1.25. The molecule has 0 amide bonds. The van der Waals surface area contributed by atoms with Gasteiger partial charge in [-0.25, -0.2) is 4.98 Å². The molecule has 0 spiro atoms. The van der Waals surface area contributed by atoms with Crippen LogP contribution in [0.25, 0.3) is 0 Å². The minimum Gasteiger partial charge on any atom is -0.467 e. The van der Waals surface area contributed by atoms with E-state index in [0.717, 1.165) is 37.1 Å². The number of guanidine groups is 1. The third-order valence-electron chi connectivity index (χ3n) is 4.22. The van der Waals surface area contributed by atoms with Gasteiger partial charge < -0.3 is 24.4 Å². The first kappa shape index (κ1) is 19.7. The first-order valence-corrected chi connectivity index (χ1v) is 9.43. The molecule has 0 aliphatic rings. The Morgan fingerprint density at radius 2 is 2.07 bits per heavy atom. The van der Waals surface area contributed by atoms with E-state index in [1.807, 2.05) is 42.7 Å². The van der Waals surface area contributed by atoms with Gasteiger partial charge in [-0.05, 0) is 24.1 Å². The van der Waals surface area contributed by atoms with Crippen LogP contribution in [0.5, 0.6) is 0 Å². The normalized spacial score (nSPS) is 11.5. The highest BCUT2D eigenvalue weighted by molar-refractivity contribution is 5.79. The molecule has 0 atom stereocenters. The third-order valence-corrected chi connectivity index (χ3v) is 4.22. The molecule has 0 saturated heterocycles. The summed E-state index contributed by atoms with van der Waals surface area (Å²) in [4.78, 5) is 8.71. The summed E-state index contributed by atoms with van der Waals surface area (Å²) in [7, 11) is 1.76. The van der Waals surface area contributed by atoms with E-state index in [2.05, 4.69) is 37.3 Å². The Hall–Kier alpha value is -3.06. The van der Waals surface area contributed by atoms with Crippen LogP contribution in [0.4, 0.5) is 0 Å². The SMILES string of the molecule is CN=C(NCCCOCc1ccco1)NCc1nccn1Cc1ccccc1. The van der Waals surface area contributed by atoms with Crippen molar-refractivity contribution in [2.24, 2.45) is 4.99 Å². The molecule has 3 aromatic rings. The molecule has 0 radical (unpaired) electrons. The van der Waals surface area contributed by atoms with Crippen LogP contribution in [0.3, 0.4) is 0 Å². The molecule has 2 heterocycles. The van der Waals surface area contributed by atoms with Gasteiger partial charge in [0.2, 0.25) is 0 Å². The van der Waals surface area contributed by atoms with Crippen molar-refractivity contribution in [3.05, 3.63) is 78.3 Å². The predicted molar refractivity (Wildman–Crippen MR) is 109 cm³/mol. The van der Waals surface area contributed by atoms with Crippen LogP contribution in [-0.2, 0) is 24.4 Å². The van der Waals surface area contributed by atoms with E-state index in [1.165, 1.54) is 5.56 Å². The lowest BCUT2D eigenvalue weighted by molar-refractivity contribution is 0.105. The number of aliphatic imine (C=N–C) groups is 1. The number of aromatic nitrogens is 2. The lowest BCUT2D eigenvalue weighted by atomic mass is 10.2. The molecule has 0 aliphatic heterocycles. The fourth-order valence-corrected chi connectivity index (χ4v) is 2.76. The highest BCUT2D eigenvalue weighted by atomic mass is 16.5. The fourth-order valence-electron chi connectivity index (χ4n) is 2.76. The predicted octanol–water partition coefficient (Wildman–Crippen LogP) is 2.80. The maximum atomic E-state index is 5.58. The van der Waals surface area contributed by atoms with Crippen molar-refractivity contribution in [1.82, 2.24) is 20.2 Å². The minimum atomic E-state index is 0.504. The van der Waals surface area contributed by atoms with Crippen LogP contribution in [0, 0.1) is 0 Å². The second-order valence-corrected chi connectivity index (χ2v) is 6.30. The van der Waals surface area contributed by atoms with Crippen molar-refractivity contribution < 1.29 is 9.15 Å². The molecule has 1 aromatic carbocycles. The molecule has 0 aliphatic carbocycles. The molecule has 2 aromatic heterocycles. The molecule has 7 heteroatoms. The van der Waals surface area contributed by atoms with E-state index in [-0.39, 0.29) is 0 Å². The number of imidazole rings is 1. The monoisotopic (exact) mass is 381 g/mol. The summed E-state index contributed by atoms with van der Waals surface area (Å²) < 4.78 is 12.9. The van der Waals surface area contributed by atoms with Crippen molar-refractivity contribution in [2.75, 3.05) is 20.2 Å². The molecular formula is C21H27N5O2. The van der Waals surface area contributed by atoms with E-state index < -0.39 is 0 Å². The average Bonchev–Trinajstić information content (AvgIpc) is 3.40. The maximum absolute atomic E-state index is 5.58. The molecule has 0 unspecified atom stereocenters. The van der Waals surface area contributed by atoms with Gasteiger partial charge in [0.05, 0.1) is 12.8 Å². The van der Waals surface area contributed by atoms with Crippen molar-refractivity contribution in [2.45, 2.75) is 26.1 Å². The molecular weight excluding hydrogens is 354 g/mol. The average molecular weight is 381 g/mol. The van der Waals surface area contributed by atoms with Crippen LogP contribution in [-0.4, -0.2) is 35.7 Å². The quantitative estimate of drug-likeness (QED) is 0.321. The third kappa shape index (κ3) is 6.28. The van der Waals surface area contributed by atoms with Gasteiger partial charge in [-0.15, -0.1) is 0 Å². The summed E-state index contributed by atoms with van der Waals surface area (Å²) in [6.45, 7) is 3.35. The smallest absolute Gasteiger partial charge is 0.191 e. The van der Waals surface area contributed by atoms with Crippen LogP contribution in [0.2, 0.25) is 0 Å². The number of hydrogen-bond donors (Lipinski definition) is 2. The summed E-state index contributed by atoms with van der Waals surface area (Å²) in [6.07, 6.45) is 6.36. The number of hydrogen-bond acceptors (Lipinski definition) is 4. The van der Waals surface area contributed by atoms with E-state index >= 15 is 0 Å². The van der Waals surface area contributed by atoms with Gasteiger partial charge in [0, 0.05) is 39.1 Å². The largest absolute Gasteiger partial charge is 0.467 e. The molecule has 7 nitrogen and oxygen atoms in total. The number of furan rings is 1. The standard InChI is InChI=1S/C21H27N5O2/c1-22-21(24-10-6-13-27-17-19-9-5-14-28-19)25-15-20-23-11-12-26(20)16-18-7-3-2-4-8-18/h2-5,7-9,11-12,14H,6,10,13,15-17H2,1H3,(H2,22,24,25).